The van der Waals surface area contributed by atoms with E-state index in [0.717, 1.165) is 29.6 Å². The molecule has 0 spiro atoms. The Morgan fingerprint density at radius 3 is 2.17 bits per heavy atom. The van der Waals surface area contributed by atoms with Gasteiger partial charge >= 0.3 is 0 Å². The van der Waals surface area contributed by atoms with E-state index in [2.05, 4.69) is 34.6 Å². The van der Waals surface area contributed by atoms with Crippen LogP contribution in [-0.2, 0) is 0 Å². The van der Waals surface area contributed by atoms with Crippen LogP contribution >= 0.6 is 0 Å². The molecule has 0 heterocycles. The number of rotatable bonds is 0. The van der Waals surface area contributed by atoms with Crippen molar-refractivity contribution < 1.29 is 0 Å². The van der Waals surface area contributed by atoms with Gasteiger partial charge in [0.2, 0.25) is 0 Å². The van der Waals surface area contributed by atoms with Gasteiger partial charge in [0.15, 0.2) is 0 Å². The Bertz CT molecular complexity index is 457. The first-order chi connectivity index (χ1) is 10.8. The van der Waals surface area contributed by atoms with Crippen LogP contribution in [0.5, 0.6) is 0 Å². The first-order valence-electron chi connectivity index (χ1n) is 10.8. The molecule has 0 bridgehead atoms. The molecule has 0 aromatic carbocycles. The maximum Gasteiger partial charge on any atom is -0.0261 e. The Morgan fingerprint density at radius 2 is 1.43 bits per heavy atom. The van der Waals surface area contributed by atoms with E-state index in [1.165, 1.54) is 25.7 Å². The normalized spacial score (nSPS) is 53.3. The summed E-state index contributed by atoms with van der Waals surface area (Å²) in [4.78, 5) is 0. The van der Waals surface area contributed by atoms with Crippen molar-refractivity contribution in [3.05, 3.63) is 0 Å². The molecule has 0 nitrogen and oxygen atoms in total. The highest BCUT2D eigenvalue weighted by Crippen LogP contribution is 2.69. The lowest BCUT2D eigenvalue weighted by molar-refractivity contribution is -0.118. The monoisotopic (exact) mass is 316 g/mol. The Hall–Kier alpha value is 0. The van der Waals surface area contributed by atoms with Crippen molar-refractivity contribution >= 4 is 0 Å². The van der Waals surface area contributed by atoms with Gasteiger partial charge in [-0.15, -0.1) is 0 Å². The van der Waals surface area contributed by atoms with Gasteiger partial charge in [-0.1, -0.05) is 47.5 Å². The van der Waals surface area contributed by atoms with Crippen LogP contribution < -0.4 is 0 Å². The van der Waals surface area contributed by atoms with Crippen LogP contribution in [0, 0.1) is 45.8 Å². The van der Waals surface area contributed by atoms with Crippen LogP contribution in [0.15, 0.2) is 0 Å². The van der Waals surface area contributed by atoms with Gasteiger partial charge in [0, 0.05) is 0 Å². The summed E-state index contributed by atoms with van der Waals surface area (Å²) in [6.45, 7) is 12.9. The fourth-order valence-electron chi connectivity index (χ4n) is 8.72. The molecular weight excluding hydrogens is 276 g/mol. The SMILES string of the molecule is CC(C)(C)[C@H]1CC[C@H]2[C@@H]3CCC4CCCC[C@]4(C)[C@H]3CC[C@]12C. The number of fused-ring (bicyclic) bond motifs is 5. The molecular formula is C23H40. The van der Waals surface area contributed by atoms with Crippen molar-refractivity contribution in [3.8, 4) is 0 Å². The molecule has 0 aromatic heterocycles. The van der Waals surface area contributed by atoms with Crippen molar-refractivity contribution in [2.24, 2.45) is 45.8 Å². The van der Waals surface area contributed by atoms with Gasteiger partial charge in [0.25, 0.3) is 0 Å². The van der Waals surface area contributed by atoms with E-state index in [4.69, 9.17) is 0 Å². The molecule has 0 heteroatoms. The Morgan fingerprint density at radius 1 is 0.696 bits per heavy atom. The van der Waals surface area contributed by atoms with Crippen LogP contribution in [0.3, 0.4) is 0 Å². The van der Waals surface area contributed by atoms with E-state index in [0.29, 0.717) is 16.2 Å². The molecule has 4 saturated carbocycles. The van der Waals surface area contributed by atoms with E-state index >= 15 is 0 Å². The molecule has 4 aliphatic carbocycles. The van der Waals surface area contributed by atoms with Crippen LogP contribution in [0.1, 0.15) is 98.8 Å². The largest absolute Gasteiger partial charge is 0.0599 e. The molecule has 0 aromatic rings. The van der Waals surface area contributed by atoms with Gasteiger partial charge in [-0.2, -0.15) is 0 Å². The standard InChI is InChI=1S/C23H40/c1-21(2,3)20-12-11-18-17-10-9-16-8-6-7-14-22(16,4)19(17)13-15-23(18,20)5/h16-20H,6-15H2,1-5H3/t16?,17-,18-,19-,20+,22-,23-/m0/s1. The molecule has 0 N–H and O–H groups in total. The van der Waals surface area contributed by atoms with E-state index in [-0.39, 0.29) is 0 Å². The van der Waals surface area contributed by atoms with Gasteiger partial charge in [-0.3, -0.25) is 0 Å². The highest BCUT2D eigenvalue weighted by Gasteiger charge is 2.60. The smallest absolute Gasteiger partial charge is 0.0261 e. The Labute approximate surface area is 145 Å². The molecule has 0 aliphatic heterocycles. The van der Waals surface area contributed by atoms with Crippen molar-refractivity contribution in [1.29, 1.82) is 0 Å². The van der Waals surface area contributed by atoms with E-state index in [1.807, 2.05) is 0 Å². The fourth-order valence-corrected chi connectivity index (χ4v) is 8.72. The second kappa shape index (κ2) is 5.25. The minimum absolute atomic E-state index is 0.502. The second-order valence-corrected chi connectivity index (χ2v) is 11.4. The van der Waals surface area contributed by atoms with Crippen LogP contribution in [0.4, 0.5) is 0 Å². The van der Waals surface area contributed by atoms with Crippen LogP contribution in [-0.4, -0.2) is 0 Å². The summed E-state index contributed by atoms with van der Waals surface area (Å²) in [7, 11) is 0. The zero-order valence-electron chi connectivity index (χ0n) is 16.5. The third-order valence-corrected chi connectivity index (χ3v) is 9.63. The van der Waals surface area contributed by atoms with E-state index in [1.54, 1.807) is 38.5 Å². The summed E-state index contributed by atoms with van der Waals surface area (Å²) < 4.78 is 0. The molecule has 4 fully saturated rings. The van der Waals surface area contributed by atoms with E-state index < -0.39 is 0 Å². The highest BCUT2D eigenvalue weighted by molar-refractivity contribution is 5.10. The summed E-state index contributed by atoms with van der Waals surface area (Å²) in [6.07, 6.45) is 15.4. The summed E-state index contributed by atoms with van der Waals surface area (Å²) in [5, 5.41) is 0. The van der Waals surface area contributed by atoms with Gasteiger partial charge in [0.1, 0.15) is 0 Å². The van der Waals surface area contributed by atoms with Gasteiger partial charge in [0.05, 0.1) is 0 Å². The first kappa shape index (κ1) is 16.5. The lowest BCUT2D eigenvalue weighted by Crippen LogP contribution is -2.53. The summed E-state index contributed by atoms with van der Waals surface area (Å²) >= 11 is 0. The third-order valence-electron chi connectivity index (χ3n) is 9.63. The summed E-state index contributed by atoms with van der Waals surface area (Å²) in [6, 6.07) is 0. The minimum atomic E-state index is 0.502. The van der Waals surface area contributed by atoms with Gasteiger partial charge in [-0.05, 0) is 97.2 Å². The topological polar surface area (TPSA) is 0 Å². The van der Waals surface area contributed by atoms with E-state index in [9.17, 15) is 0 Å². The summed E-state index contributed by atoms with van der Waals surface area (Å²) in [5.41, 5.74) is 1.86. The predicted molar refractivity (Wildman–Crippen MR) is 99.3 cm³/mol. The maximum atomic E-state index is 2.71. The number of hydrogen-bond acceptors (Lipinski definition) is 0. The Balaban J connectivity index is 1.63. The first-order valence-corrected chi connectivity index (χ1v) is 10.8. The lowest BCUT2D eigenvalue weighted by atomic mass is 9.44. The molecule has 7 atom stereocenters. The molecule has 132 valence electrons. The average molecular weight is 317 g/mol. The maximum absolute atomic E-state index is 2.71. The van der Waals surface area contributed by atoms with Crippen molar-refractivity contribution in [2.75, 3.05) is 0 Å². The second-order valence-electron chi connectivity index (χ2n) is 11.4. The molecule has 23 heavy (non-hydrogen) atoms. The lowest BCUT2D eigenvalue weighted by Gasteiger charge is -2.61. The van der Waals surface area contributed by atoms with Gasteiger partial charge < -0.3 is 0 Å². The molecule has 4 rings (SSSR count). The van der Waals surface area contributed by atoms with Crippen molar-refractivity contribution in [3.63, 3.8) is 0 Å². The fraction of sp³-hybridized carbons (Fsp3) is 1.00. The van der Waals surface area contributed by atoms with Crippen LogP contribution in [0.2, 0.25) is 0 Å². The van der Waals surface area contributed by atoms with Crippen LogP contribution in [0.25, 0.3) is 0 Å². The molecule has 0 saturated heterocycles. The number of hydrogen-bond donors (Lipinski definition) is 0. The summed E-state index contributed by atoms with van der Waals surface area (Å²) in [5.74, 6) is 5.21. The molecule has 1 unspecified atom stereocenters. The minimum Gasteiger partial charge on any atom is -0.0599 e. The predicted octanol–water partition coefficient (Wildman–Crippen LogP) is 7.08. The highest BCUT2D eigenvalue weighted by atomic mass is 14.7. The Kier molecular flexibility index (Phi) is 3.76. The molecule has 0 radical (unpaired) electrons. The third kappa shape index (κ3) is 2.29. The zero-order chi connectivity index (χ0) is 16.5. The van der Waals surface area contributed by atoms with Crippen molar-refractivity contribution in [1.82, 2.24) is 0 Å². The van der Waals surface area contributed by atoms with Crippen molar-refractivity contribution in [2.45, 2.75) is 98.8 Å². The average Bonchev–Trinajstić information content (AvgIpc) is 2.84. The zero-order valence-corrected chi connectivity index (χ0v) is 16.5. The molecule has 4 aliphatic rings. The quantitative estimate of drug-likeness (QED) is 0.448. The van der Waals surface area contributed by atoms with Gasteiger partial charge in [-0.25, -0.2) is 0 Å². The molecule has 0 amide bonds.